The third-order valence-corrected chi connectivity index (χ3v) is 3.50. The van der Waals surface area contributed by atoms with Crippen LogP contribution >= 0.6 is 0 Å². The normalized spacial score (nSPS) is 11.5. The predicted octanol–water partition coefficient (Wildman–Crippen LogP) is 3.63. The van der Waals surface area contributed by atoms with Crippen LogP contribution in [0.5, 0.6) is 0 Å². The predicted molar refractivity (Wildman–Crippen MR) is 96.9 cm³/mol. The number of carbonyl (C=O) groups excluding carboxylic acids is 1. The van der Waals surface area contributed by atoms with Crippen LogP contribution in [0.25, 0.3) is 10.8 Å². The van der Waals surface area contributed by atoms with Gasteiger partial charge in [-0.15, -0.1) is 0 Å². The zero-order valence-electron chi connectivity index (χ0n) is 14.8. The highest BCUT2D eigenvalue weighted by molar-refractivity contribution is 5.84. The van der Waals surface area contributed by atoms with Crippen molar-refractivity contribution in [2.24, 2.45) is 0 Å². The number of unbranched alkanes of at least 4 members (excludes halogenated alkanes) is 1. The van der Waals surface area contributed by atoms with E-state index in [1.165, 1.54) is 10.8 Å². The second kappa shape index (κ2) is 8.64. The first-order valence-electron chi connectivity index (χ1n) is 8.46. The highest BCUT2D eigenvalue weighted by atomic mass is 16.6. The van der Waals surface area contributed by atoms with Crippen LogP contribution in [-0.4, -0.2) is 29.8 Å². The van der Waals surface area contributed by atoms with E-state index in [0.717, 1.165) is 31.6 Å². The number of hydrogen-bond acceptors (Lipinski definition) is 4. The molecule has 0 aliphatic carbocycles. The van der Waals surface area contributed by atoms with Gasteiger partial charge < -0.3 is 15.4 Å². The fraction of sp³-hybridized carbons (Fsp3) is 0.474. The molecule has 0 saturated heterocycles. The molecule has 2 aromatic rings. The highest BCUT2D eigenvalue weighted by Gasteiger charge is 2.15. The molecule has 0 radical (unpaired) electrons. The summed E-state index contributed by atoms with van der Waals surface area (Å²) < 4.78 is 5.19. The van der Waals surface area contributed by atoms with E-state index >= 15 is 0 Å². The zero-order valence-corrected chi connectivity index (χ0v) is 14.8. The van der Waals surface area contributed by atoms with Gasteiger partial charge in [0.1, 0.15) is 5.60 Å². The Labute approximate surface area is 143 Å². The van der Waals surface area contributed by atoms with Crippen LogP contribution in [0.4, 0.5) is 4.79 Å². The van der Waals surface area contributed by atoms with Crippen molar-refractivity contribution in [1.82, 2.24) is 15.6 Å². The Kier molecular flexibility index (Phi) is 6.55. The number of benzene rings is 1. The SMILES string of the molecule is CC(C)(C)OC(=O)NCCCCNCc1nccc2ccccc12. The Balaban J connectivity index is 1.62. The molecule has 0 saturated carbocycles. The largest absolute Gasteiger partial charge is 0.444 e. The molecule has 0 fully saturated rings. The summed E-state index contributed by atoms with van der Waals surface area (Å²) in [4.78, 5) is 16.0. The zero-order chi connectivity index (χ0) is 17.4. The minimum Gasteiger partial charge on any atom is -0.444 e. The molecule has 130 valence electrons. The smallest absolute Gasteiger partial charge is 0.407 e. The first kappa shape index (κ1) is 18.2. The lowest BCUT2D eigenvalue weighted by atomic mass is 10.1. The lowest BCUT2D eigenvalue weighted by Gasteiger charge is -2.19. The minimum absolute atomic E-state index is 0.351. The molecular formula is C19H27N3O2. The molecule has 0 aliphatic rings. The highest BCUT2D eigenvalue weighted by Crippen LogP contribution is 2.15. The second-order valence-corrected chi connectivity index (χ2v) is 6.79. The number of nitrogens with zero attached hydrogens (tertiary/aromatic N) is 1. The molecule has 0 spiro atoms. The number of ether oxygens (including phenoxy) is 1. The minimum atomic E-state index is -0.447. The molecule has 0 bridgehead atoms. The van der Waals surface area contributed by atoms with Gasteiger partial charge in [-0.1, -0.05) is 24.3 Å². The summed E-state index contributed by atoms with van der Waals surface area (Å²) >= 11 is 0. The van der Waals surface area contributed by atoms with E-state index in [9.17, 15) is 4.79 Å². The van der Waals surface area contributed by atoms with Gasteiger partial charge in [-0.25, -0.2) is 4.79 Å². The molecule has 5 heteroatoms. The van der Waals surface area contributed by atoms with Crippen molar-refractivity contribution in [2.75, 3.05) is 13.1 Å². The molecule has 5 nitrogen and oxygen atoms in total. The van der Waals surface area contributed by atoms with Crippen LogP contribution in [-0.2, 0) is 11.3 Å². The fourth-order valence-electron chi connectivity index (χ4n) is 2.41. The quantitative estimate of drug-likeness (QED) is 0.762. The average molecular weight is 329 g/mol. The number of aromatic nitrogens is 1. The molecule has 2 rings (SSSR count). The summed E-state index contributed by atoms with van der Waals surface area (Å²) in [5.74, 6) is 0. The molecule has 1 amide bonds. The van der Waals surface area contributed by atoms with Crippen molar-refractivity contribution in [3.8, 4) is 0 Å². The Bertz CT molecular complexity index is 660. The third kappa shape index (κ3) is 6.16. The first-order chi connectivity index (χ1) is 11.5. The molecule has 2 N–H and O–H groups in total. The maximum Gasteiger partial charge on any atom is 0.407 e. The summed E-state index contributed by atoms with van der Waals surface area (Å²) in [5.41, 5.74) is 0.622. The van der Waals surface area contributed by atoms with Gasteiger partial charge in [0.15, 0.2) is 0 Å². The van der Waals surface area contributed by atoms with E-state index < -0.39 is 5.60 Å². The number of pyridine rings is 1. The number of carbonyl (C=O) groups is 1. The molecule has 0 unspecified atom stereocenters. The molecular weight excluding hydrogens is 302 g/mol. The molecule has 1 aromatic carbocycles. The van der Waals surface area contributed by atoms with Crippen molar-refractivity contribution in [3.63, 3.8) is 0 Å². The summed E-state index contributed by atoms with van der Waals surface area (Å²) in [5, 5.41) is 8.59. The average Bonchev–Trinajstić information content (AvgIpc) is 2.52. The van der Waals surface area contributed by atoms with Gasteiger partial charge in [0.25, 0.3) is 0 Å². The Morgan fingerprint density at radius 2 is 1.88 bits per heavy atom. The third-order valence-electron chi connectivity index (χ3n) is 3.50. The van der Waals surface area contributed by atoms with Crippen LogP contribution in [0, 0.1) is 0 Å². The number of rotatable bonds is 7. The van der Waals surface area contributed by atoms with Crippen molar-refractivity contribution in [2.45, 2.75) is 45.8 Å². The number of nitrogens with one attached hydrogen (secondary N) is 2. The van der Waals surface area contributed by atoms with Crippen LogP contribution in [0.15, 0.2) is 36.5 Å². The maximum absolute atomic E-state index is 11.5. The van der Waals surface area contributed by atoms with Gasteiger partial charge in [0, 0.05) is 24.7 Å². The monoisotopic (exact) mass is 329 g/mol. The lowest BCUT2D eigenvalue weighted by molar-refractivity contribution is 0.0527. The van der Waals surface area contributed by atoms with Gasteiger partial charge in [-0.2, -0.15) is 0 Å². The van der Waals surface area contributed by atoms with Gasteiger partial charge in [-0.3, -0.25) is 4.98 Å². The lowest BCUT2D eigenvalue weighted by Crippen LogP contribution is -2.33. The van der Waals surface area contributed by atoms with Gasteiger partial charge in [0.05, 0.1) is 5.69 Å². The van der Waals surface area contributed by atoms with E-state index in [2.05, 4.69) is 27.8 Å². The summed E-state index contributed by atoms with van der Waals surface area (Å²) in [6.45, 7) is 7.85. The van der Waals surface area contributed by atoms with E-state index in [1.54, 1.807) is 0 Å². The van der Waals surface area contributed by atoms with Crippen LogP contribution in [0.1, 0.15) is 39.3 Å². The summed E-state index contributed by atoms with van der Waals surface area (Å²) in [6.07, 6.45) is 3.40. The summed E-state index contributed by atoms with van der Waals surface area (Å²) in [7, 11) is 0. The van der Waals surface area contributed by atoms with Gasteiger partial charge >= 0.3 is 6.09 Å². The topological polar surface area (TPSA) is 63.2 Å². The Morgan fingerprint density at radius 3 is 2.67 bits per heavy atom. The molecule has 0 atom stereocenters. The number of alkyl carbamates (subject to hydrolysis) is 1. The van der Waals surface area contributed by atoms with Crippen molar-refractivity contribution in [1.29, 1.82) is 0 Å². The van der Waals surface area contributed by atoms with E-state index in [1.807, 2.05) is 45.2 Å². The van der Waals surface area contributed by atoms with Crippen molar-refractivity contribution < 1.29 is 9.53 Å². The molecule has 1 heterocycles. The molecule has 1 aromatic heterocycles. The number of hydrogen-bond donors (Lipinski definition) is 2. The van der Waals surface area contributed by atoms with Crippen molar-refractivity contribution >= 4 is 16.9 Å². The standard InChI is InChI=1S/C19H27N3O2/c1-19(2,3)24-18(23)22-12-7-6-11-20-14-17-16-9-5-4-8-15(16)10-13-21-17/h4-5,8-10,13,20H,6-7,11-12,14H2,1-3H3,(H,22,23). The van der Waals surface area contributed by atoms with Crippen molar-refractivity contribution in [3.05, 3.63) is 42.2 Å². The fourth-order valence-corrected chi connectivity index (χ4v) is 2.41. The van der Waals surface area contributed by atoms with Crippen LogP contribution in [0.2, 0.25) is 0 Å². The number of fused-ring (bicyclic) bond motifs is 1. The Hall–Kier alpha value is -2.14. The maximum atomic E-state index is 11.5. The van der Waals surface area contributed by atoms with Gasteiger partial charge in [0.2, 0.25) is 0 Å². The number of amides is 1. The molecule has 0 aliphatic heterocycles. The molecule has 24 heavy (non-hydrogen) atoms. The van der Waals surface area contributed by atoms with E-state index in [0.29, 0.717) is 6.54 Å². The first-order valence-corrected chi connectivity index (χ1v) is 8.46. The van der Waals surface area contributed by atoms with E-state index in [-0.39, 0.29) is 6.09 Å². The second-order valence-electron chi connectivity index (χ2n) is 6.79. The van der Waals surface area contributed by atoms with E-state index in [4.69, 9.17) is 4.74 Å². The summed E-state index contributed by atoms with van der Waals surface area (Å²) in [6, 6.07) is 10.3. The van der Waals surface area contributed by atoms with Gasteiger partial charge in [-0.05, 0) is 51.6 Å². The van der Waals surface area contributed by atoms with Crippen LogP contribution < -0.4 is 10.6 Å². The van der Waals surface area contributed by atoms with Crippen LogP contribution in [0.3, 0.4) is 0 Å². The Morgan fingerprint density at radius 1 is 1.12 bits per heavy atom.